The highest BCUT2D eigenvalue weighted by atomic mass is 19.1. The van der Waals surface area contributed by atoms with Gasteiger partial charge in [-0.3, -0.25) is 0 Å². The number of aliphatic hydroxyl groups is 1. The molecule has 3 nitrogen and oxygen atoms in total. The molecule has 0 aliphatic carbocycles. The molecule has 1 fully saturated rings. The van der Waals surface area contributed by atoms with Gasteiger partial charge in [-0.2, -0.15) is 0 Å². The van der Waals surface area contributed by atoms with Gasteiger partial charge in [-0.25, -0.2) is 4.39 Å². The fourth-order valence-electron chi connectivity index (χ4n) is 2.00. The van der Waals surface area contributed by atoms with Crippen molar-refractivity contribution in [2.24, 2.45) is 0 Å². The first-order chi connectivity index (χ1) is 8.11. The largest absolute Gasteiger partial charge is 0.387 e. The van der Waals surface area contributed by atoms with Gasteiger partial charge in [0.1, 0.15) is 5.82 Å². The van der Waals surface area contributed by atoms with Gasteiger partial charge in [0.05, 0.1) is 12.7 Å². The summed E-state index contributed by atoms with van der Waals surface area (Å²) >= 11 is 0. The molecule has 1 aromatic carbocycles. The summed E-state index contributed by atoms with van der Waals surface area (Å²) in [5, 5.41) is 13.2. The zero-order valence-corrected chi connectivity index (χ0v) is 9.95. The second kappa shape index (κ2) is 5.12. The molecule has 1 aliphatic rings. The number of nitrogens with one attached hydrogen (secondary N) is 1. The molecule has 1 aromatic rings. The number of halogens is 1. The first-order valence-corrected chi connectivity index (χ1v) is 5.86. The third-order valence-electron chi connectivity index (χ3n) is 3.21. The SMILES string of the molecule is CC1(NCC(O)c2ccccc2F)CCOC1. The maximum Gasteiger partial charge on any atom is 0.129 e. The number of β-amino-alcohol motifs (C(OH)–C–C–N with tert-alkyl or cyclic N) is 1. The number of rotatable bonds is 4. The minimum absolute atomic E-state index is 0.105. The van der Waals surface area contributed by atoms with Gasteiger partial charge in [0.25, 0.3) is 0 Å². The lowest BCUT2D eigenvalue weighted by atomic mass is 10.0. The van der Waals surface area contributed by atoms with Crippen molar-refractivity contribution in [2.75, 3.05) is 19.8 Å². The summed E-state index contributed by atoms with van der Waals surface area (Å²) in [6.07, 6.45) is 0.0883. The van der Waals surface area contributed by atoms with Crippen LogP contribution >= 0.6 is 0 Å². The Morgan fingerprint density at radius 3 is 2.94 bits per heavy atom. The van der Waals surface area contributed by atoms with Crippen LogP contribution in [0.2, 0.25) is 0 Å². The number of aliphatic hydroxyl groups excluding tert-OH is 1. The molecule has 1 aliphatic heterocycles. The van der Waals surface area contributed by atoms with E-state index in [1.54, 1.807) is 18.2 Å². The van der Waals surface area contributed by atoms with Gasteiger partial charge >= 0.3 is 0 Å². The Labute approximate surface area is 101 Å². The summed E-state index contributed by atoms with van der Waals surface area (Å²) in [5.41, 5.74) is 0.231. The van der Waals surface area contributed by atoms with E-state index >= 15 is 0 Å². The van der Waals surface area contributed by atoms with Crippen LogP contribution in [0.4, 0.5) is 4.39 Å². The standard InChI is InChI=1S/C13H18FNO2/c1-13(6-7-17-9-13)15-8-12(16)10-4-2-3-5-11(10)14/h2-5,12,15-16H,6-9H2,1H3. The van der Waals surface area contributed by atoms with Crippen LogP contribution < -0.4 is 5.32 Å². The molecule has 2 N–H and O–H groups in total. The Morgan fingerprint density at radius 1 is 1.53 bits per heavy atom. The van der Waals surface area contributed by atoms with Crippen LogP contribution in [0.1, 0.15) is 25.0 Å². The van der Waals surface area contributed by atoms with Crippen molar-refractivity contribution in [3.63, 3.8) is 0 Å². The van der Waals surface area contributed by atoms with Crippen molar-refractivity contribution in [3.05, 3.63) is 35.6 Å². The lowest BCUT2D eigenvalue weighted by Gasteiger charge is -2.25. The third-order valence-corrected chi connectivity index (χ3v) is 3.21. The van der Waals surface area contributed by atoms with Gasteiger partial charge in [-0.05, 0) is 19.4 Å². The predicted molar refractivity (Wildman–Crippen MR) is 63.2 cm³/mol. The summed E-state index contributed by atoms with van der Waals surface area (Å²) < 4.78 is 18.7. The molecule has 0 amide bonds. The Kier molecular flexibility index (Phi) is 3.76. The van der Waals surface area contributed by atoms with Gasteiger partial charge < -0.3 is 15.2 Å². The maximum absolute atomic E-state index is 13.4. The van der Waals surface area contributed by atoms with Crippen LogP contribution in [0.25, 0.3) is 0 Å². The highest BCUT2D eigenvalue weighted by molar-refractivity contribution is 5.20. The lowest BCUT2D eigenvalue weighted by molar-refractivity contribution is 0.139. The highest BCUT2D eigenvalue weighted by Gasteiger charge is 2.29. The van der Waals surface area contributed by atoms with E-state index in [9.17, 15) is 9.50 Å². The van der Waals surface area contributed by atoms with Crippen molar-refractivity contribution >= 4 is 0 Å². The summed E-state index contributed by atoms with van der Waals surface area (Å²) in [4.78, 5) is 0. The molecule has 1 heterocycles. The lowest BCUT2D eigenvalue weighted by Crippen LogP contribution is -2.44. The molecule has 2 rings (SSSR count). The molecule has 94 valence electrons. The summed E-state index contributed by atoms with van der Waals surface area (Å²) in [6, 6.07) is 6.31. The molecule has 0 spiro atoms. The van der Waals surface area contributed by atoms with E-state index < -0.39 is 6.10 Å². The molecular weight excluding hydrogens is 221 g/mol. The van der Waals surface area contributed by atoms with E-state index in [1.165, 1.54) is 6.07 Å². The smallest absolute Gasteiger partial charge is 0.129 e. The summed E-state index contributed by atoms with van der Waals surface area (Å²) in [7, 11) is 0. The van der Waals surface area contributed by atoms with Gasteiger partial charge in [-0.1, -0.05) is 18.2 Å². The number of hydrogen-bond acceptors (Lipinski definition) is 3. The second-order valence-electron chi connectivity index (χ2n) is 4.78. The Balaban J connectivity index is 1.93. The molecular formula is C13H18FNO2. The fourth-order valence-corrected chi connectivity index (χ4v) is 2.00. The minimum Gasteiger partial charge on any atom is -0.387 e. The zero-order chi connectivity index (χ0) is 12.3. The van der Waals surface area contributed by atoms with Crippen molar-refractivity contribution in [1.82, 2.24) is 5.32 Å². The molecule has 2 unspecified atom stereocenters. The predicted octanol–water partition coefficient (Wildman–Crippen LogP) is 1.63. The molecule has 2 atom stereocenters. The minimum atomic E-state index is -0.825. The van der Waals surface area contributed by atoms with Crippen LogP contribution in [0.5, 0.6) is 0 Å². The molecule has 0 bridgehead atoms. The van der Waals surface area contributed by atoms with Gasteiger partial charge in [0.15, 0.2) is 0 Å². The topological polar surface area (TPSA) is 41.5 Å². The highest BCUT2D eigenvalue weighted by Crippen LogP contribution is 2.20. The zero-order valence-electron chi connectivity index (χ0n) is 9.95. The van der Waals surface area contributed by atoms with E-state index in [-0.39, 0.29) is 11.4 Å². The number of benzene rings is 1. The first-order valence-electron chi connectivity index (χ1n) is 5.86. The second-order valence-corrected chi connectivity index (χ2v) is 4.78. The van der Waals surface area contributed by atoms with Crippen LogP contribution in [0, 0.1) is 5.82 Å². The van der Waals surface area contributed by atoms with Gasteiger partial charge in [0, 0.05) is 24.3 Å². The fraction of sp³-hybridized carbons (Fsp3) is 0.538. The van der Waals surface area contributed by atoms with Crippen LogP contribution in [-0.4, -0.2) is 30.4 Å². The van der Waals surface area contributed by atoms with E-state index in [2.05, 4.69) is 5.32 Å². The Morgan fingerprint density at radius 2 is 2.29 bits per heavy atom. The average molecular weight is 239 g/mol. The van der Waals surface area contributed by atoms with Crippen LogP contribution in [0.3, 0.4) is 0 Å². The van der Waals surface area contributed by atoms with Crippen LogP contribution in [0.15, 0.2) is 24.3 Å². The van der Waals surface area contributed by atoms with E-state index in [0.29, 0.717) is 18.7 Å². The maximum atomic E-state index is 13.4. The monoisotopic (exact) mass is 239 g/mol. The summed E-state index contributed by atoms with van der Waals surface area (Å²) in [6.45, 7) is 3.76. The number of hydrogen-bond donors (Lipinski definition) is 2. The molecule has 4 heteroatoms. The van der Waals surface area contributed by atoms with E-state index in [4.69, 9.17) is 4.74 Å². The van der Waals surface area contributed by atoms with Crippen molar-refractivity contribution in [3.8, 4) is 0 Å². The molecule has 1 saturated heterocycles. The van der Waals surface area contributed by atoms with E-state index in [0.717, 1.165) is 13.0 Å². The van der Waals surface area contributed by atoms with Crippen LogP contribution in [-0.2, 0) is 4.74 Å². The molecule has 0 aromatic heterocycles. The average Bonchev–Trinajstić information content (AvgIpc) is 2.74. The Hall–Kier alpha value is -0.970. The number of ether oxygens (including phenoxy) is 1. The summed E-state index contributed by atoms with van der Waals surface area (Å²) in [5.74, 6) is -0.366. The Bertz CT molecular complexity index is 377. The van der Waals surface area contributed by atoms with Crippen molar-refractivity contribution in [1.29, 1.82) is 0 Å². The normalized spacial score (nSPS) is 26.1. The van der Waals surface area contributed by atoms with Gasteiger partial charge in [0.2, 0.25) is 0 Å². The molecule has 17 heavy (non-hydrogen) atoms. The molecule has 0 saturated carbocycles. The first kappa shape index (κ1) is 12.5. The quantitative estimate of drug-likeness (QED) is 0.839. The van der Waals surface area contributed by atoms with E-state index in [1.807, 2.05) is 6.92 Å². The van der Waals surface area contributed by atoms with Crippen molar-refractivity contribution in [2.45, 2.75) is 25.0 Å². The third kappa shape index (κ3) is 3.03. The molecule has 0 radical (unpaired) electrons. The van der Waals surface area contributed by atoms with Gasteiger partial charge in [-0.15, -0.1) is 0 Å². The van der Waals surface area contributed by atoms with Crippen molar-refractivity contribution < 1.29 is 14.2 Å².